The van der Waals surface area contributed by atoms with Gasteiger partial charge < -0.3 is 5.32 Å². The van der Waals surface area contributed by atoms with E-state index in [-0.39, 0.29) is 0 Å². The van der Waals surface area contributed by atoms with Gasteiger partial charge in [-0.15, -0.1) is 0 Å². The molecule has 6 heteroatoms. The third kappa shape index (κ3) is 3.69. The van der Waals surface area contributed by atoms with Crippen LogP contribution in [0, 0.1) is 6.92 Å². The molecule has 0 unspecified atom stereocenters. The SMILES string of the molecule is CCCN(C)S(=O)(=O)c1cc(Cl)cc(CNC)c1C. The molecule has 0 saturated heterocycles. The average molecular weight is 305 g/mol. The molecule has 0 aromatic heterocycles. The summed E-state index contributed by atoms with van der Waals surface area (Å²) >= 11 is 6.03. The Balaban J connectivity index is 3.34. The molecule has 1 aromatic carbocycles. The standard InChI is InChI=1S/C13H21ClN2O2S/c1-5-6-16(4)19(17,18)13-8-12(14)7-11(9-15-3)10(13)2/h7-8,15H,5-6,9H2,1-4H3. The van der Waals surface area contributed by atoms with Gasteiger partial charge in [-0.25, -0.2) is 12.7 Å². The minimum Gasteiger partial charge on any atom is -0.316 e. The summed E-state index contributed by atoms with van der Waals surface area (Å²) in [6.45, 7) is 4.85. The summed E-state index contributed by atoms with van der Waals surface area (Å²) in [5, 5.41) is 3.46. The molecule has 0 aliphatic carbocycles. The van der Waals surface area contributed by atoms with Gasteiger partial charge in [0.05, 0.1) is 4.90 Å². The second kappa shape index (κ2) is 6.70. The van der Waals surface area contributed by atoms with Crippen LogP contribution < -0.4 is 5.32 Å². The van der Waals surface area contributed by atoms with E-state index in [2.05, 4.69) is 5.32 Å². The van der Waals surface area contributed by atoms with E-state index in [4.69, 9.17) is 11.6 Å². The van der Waals surface area contributed by atoms with E-state index < -0.39 is 10.0 Å². The van der Waals surface area contributed by atoms with Crippen molar-refractivity contribution in [2.24, 2.45) is 0 Å². The fraction of sp³-hybridized carbons (Fsp3) is 0.538. The molecule has 1 N–H and O–H groups in total. The topological polar surface area (TPSA) is 49.4 Å². The molecule has 0 radical (unpaired) electrons. The molecule has 0 atom stereocenters. The van der Waals surface area contributed by atoms with E-state index in [1.165, 1.54) is 10.4 Å². The highest BCUT2D eigenvalue weighted by Gasteiger charge is 2.23. The van der Waals surface area contributed by atoms with Crippen LogP contribution in [0.4, 0.5) is 0 Å². The van der Waals surface area contributed by atoms with Gasteiger partial charge in [0, 0.05) is 25.2 Å². The van der Waals surface area contributed by atoms with Crippen LogP contribution in [-0.4, -0.2) is 33.4 Å². The maximum absolute atomic E-state index is 12.5. The highest BCUT2D eigenvalue weighted by molar-refractivity contribution is 7.89. The Morgan fingerprint density at radius 2 is 2.00 bits per heavy atom. The van der Waals surface area contributed by atoms with Gasteiger partial charge in [-0.3, -0.25) is 0 Å². The molecular weight excluding hydrogens is 284 g/mol. The van der Waals surface area contributed by atoms with Crippen molar-refractivity contribution in [2.75, 3.05) is 20.6 Å². The Labute approximate surface area is 120 Å². The van der Waals surface area contributed by atoms with Gasteiger partial charge >= 0.3 is 0 Å². The van der Waals surface area contributed by atoms with Crippen molar-refractivity contribution in [1.29, 1.82) is 0 Å². The molecule has 1 aromatic rings. The lowest BCUT2D eigenvalue weighted by Gasteiger charge is -2.19. The number of hydrogen-bond acceptors (Lipinski definition) is 3. The molecule has 0 spiro atoms. The van der Waals surface area contributed by atoms with E-state index in [0.717, 1.165) is 17.5 Å². The van der Waals surface area contributed by atoms with E-state index in [0.29, 0.717) is 23.0 Å². The quantitative estimate of drug-likeness (QED) is 0.878. The molecule has 108 valence electrons. The number of hydrogen-bond donors (Lipinski definition) is 1. The zero-order chi connectivity index (χ0) is 14.6. The van der Waals surface area contributed by atoms with Gasteiger partial charge in [0.15, 0.2) is 0 Å². The van der Waals surface area contributed by atoms with Gasteiger partial charge in [0.1, 0.15) is 0 Å². The number of nitrogens with zero attached hydrogens (tertiary/aromatic N) is 1. The van der Waals surface area contributed by atoms with E-state index >= 15 is 0 Å². The molecule has 4 nitrogen and oxygen atoms in total. The van der Waals surface area contributed by atoms with Crippen molar-refractivity contribution >= 4 is 21.6 Å². The summed E-state index contributed by atoms with van der Waals surface area (Å²) < 4.78 is 26.4. The van der Waals surface area contributed by atoms with Crippen LogP contribution in [0.3, 0.4) is 0 Å². The summed E-state index contributed by atoms with van der Waals surface area (Å²) in [6, 6.07) is 3.32. The summed E-state index contributed by atoms with van der Waals surface area (Å²) in [6.07, 6.45) is 0.777. The molecule has 19 heavy (non-hydrogen) atoms. The second-order valence-electron chi connectivity index (χ2n) is 4.54. The van der Waals surface area contributed by atoms with Crippen LogP contribution in [-0.2, 0) is 16.6 Å². The molecule has 0 amide bonds. The first-order chi connectivity index (χ1) is 8.84. The third-order valence-electron chi connectivity index (χ3n) is 3.03. The van der Waals surface area contributed by atoms with Crippen molar-refractivity contribution in [3.63, 3.8) is 0 Å². The summed E-state index contributed by atoms with van der Waals surface area (Å²) in [5.41, 5.74) is 1.65. The van der Waals surface area contributed by atoms with Crippen molar-refractivity contribution in [1.82, 2.24) is 9.62 Å². The van der Waals surface area contributed by atoms with Gasteiger partial charge in [-0.05, 0) is 43.7 Å². The zero-order valence-electron chi connectivity index (χ0n) is 11.8. The van der Waals surface area contributed by atoms with Crippen LogP contribution in [0.5, 0.6) is 0 Å². The smallest absolute Gasteiger partial charge is 0.243 e. The molecule has 0 heterocycles. The third-order valence-corrected chi connectivity index (χ3v) is 5.23. The second-order valence-corrected chi connectivity index (χ2v) is 6.99. The zero-order valence-corrected chi connectivity index (χ0v) is 13.4. The van der Waals surface area contributed by atoms with Crippen LogP contribution in [0.2, 0.25) is 5.02 Å². The Bertz CT molecular complexity index is 544. The molecule has 0 saturated carbocycles. The Hall–Kier alpha value is -0.620. The first-order valence-corrected chi connectivity index (χ1v) is 8.06. The van der Waals surface area contributed by atoms with Crippen LogP contribution >= 0.6 is 11.6 Å². The van der Waals surface area contributed by atoms with Gasteiger partial charge in [-0.2, -0.15) is 0 Å². The van der Waals surface area contributed by atoms with Gasteiger partial charge in [0.25, 0.3) is 0 Å². The highest BCUT2D eigenvalue weighted by Crippen LogP contribution is 2.26. The first-order valence-electron chi connectivity index (χ1n) is 6.24. The molecule has 0 aliphatic heterocycles. The molecule has 1 rings (SSSR count). The predicted octanol–water partition coefficient (Wildman–Crippen LogP) is 2.40. The highest BCUT2D eigenvalue weighted by atomic mass is 35.5. The Kier molecular flexibility index (Phi) is 5.80. The van der Waals surface area contributed by atoms with E-state index in [1.807, 2.05) is 20.9 Å². The molecule has 0 bridgehead atoms. The fourth-order valence-electron chi connectivity index (χ4n) is 1.95. The van der Waals surface area contributed by atoms with Crippen molar-refractivity contribution in [3.05, 3.63) is 28.3 Å². The molecule has 0 fully saturated rings. The molecule has 0 aliphatic rings. The van der Waals surface area contributed by atoms with Crippen molar-refractivity contribution < 1.29 is 8.42 Å². The largest absolute Gasteiger partial charge is 0.316 e. The predicted molar refractivity (Wildman–Crippen MR) is 79.1 cm³/mol. The fourth-order valence-corrected chi connectivity index (χ4v) is 3.81. The number of nitrogens with one attached hydrogen (secondary N) is 1. The minimum absolute atomic E-state index is 0.293. The van der Waals surface area contributed by atoms with Gasteiger partial charge in [-0.1, -0.05) is 18.5 Å². The first kappa shape index (κ1) is 16.4. The summed E-state index contributed by atoms with van der Waals surface area (Å²) in [5.74, 6) is 0. The number of benzene rings is 1. The van der Waals surface area contributed by atoms with Crippen LogP contribution in [0.15, 0.2) is 17.0 Å². The molecular formula is C13H21ClN2O2S. The van der Waals surface area contributed by atoms with E-state index in [1.54, 1.807) is 13.1 Å². The maximum Gasteiger partial charge on any atom is 0.243 e. The number of rotatable bonds is 6. The lowest BCUT2D eigenvalue weighted by molar-refractivity contribution is 0.468. The van der Waals surface area contributed by atoms with E-state index in [9.17, 15) is 8.42 Å². The Morgan fingerprint density at radius 3 is 2.53 bits per heavy atom. The van der Waals surface area contributed by atoms with Crippen LogP contribution in [0.25, 0.3) is 0 Å². The van der Waals surface area contributed by atoms with Crippen LogP contribution in [0.1, 0.15) is 24.5 Å². The number of sulfonamides is 1. The van der Waals surface area contributed by atoms with Crippen molar-refractivity contribution in [3.8, 4) is 0 Å². The monoisotopic (exact) mass is 304 g/mol. The Morgan fingerprint density at radius 1 is 1.37 bits per heavy atom. The average Bonchev–Trinajstić information content (AvgIpc) is 2.33. The minimum atomic E-state index is -3.47. The lowest BCUT2D eigenvalue weighted by atomic mass is 10.1. The summed E-state index contributed by atoms with van der Waals surface area (Å²) in [7, 11) is -0.0626. The number of halogens is 1. The van der Waals surface area contributed by atoms with Crippen molar-refractivity contribution in [2.45, 2.75) is 31.7 Å². The lowest BCUT2D eigenvalue weighted by Crippen LogP contribution is -2.28. The maximum atomic E-state index is 12.5. The summed E-state index contributed by atoms with van der Waals surface area (Å²) in [4.78, 5) is 0.293. The van der Waals surface area contributed by atoms with Gasteiger partial charge in [0.2, 0.25) is 10.0 Å². The normalized spacial score (nSPS) is 12.1.